The zero-order valence-corrected chi connectivity index (χ0v) is 19.5. The number of likely N-dealkylation sites (N-methyl/N-ethyl adjacent to an activating group) is 1. The predicted molar refractivity (Wildman–Crippen MR) is 122 cm³/mol. The zero-order valence-electron chi connectivity index (χ0n) is 19.5. The van der Waals surface area contributed by atoms with Gasteiger partial charge in [0, 0.05) is 32.3 Å². The van der Waals surface area contributed by atoms with Gasteiger partial charge in [-0.25, -0.2) is 23.7 Å². The first kappa shape index (κ1) is 23.7. The molecule has 2 N–H and O–H groups in total. The van der Waals surface area contributed by atoms with Crippen LogP contribution in [0.4, 0.5) is 14.7 Å². The number of hydrogen-bond acceptors (Lipinski definition) is 9. The lowest BCUT2D eigenvalue weighted by atomic mass is 9.98. The molecule has 2 amide bonds. The maximum Gasteiger partial charge on any atom is 0.282 e. The Bertz CT molecular complexity index is 1330. The molecule has 11 nitrogen and oxygen atoms in total. The third-order valence-corrected chi connectivity index (χ3v) is 6.23. The number of likely N-dealkylation sites (tertiary alicyclic amines) is 2. The van der Waals surface area contributed by atoms with Crippen molar-refractivity contribution in [2.75, 3.05) is 32.0 Å². The minimum atomic E-state index is -2.84. The molecule has 2 saturated heterocycles. The molecule has 36 heavy (non-hydrogen) atoms. The van der Waals surface area contributed by atoms with Crippen LogP contribution in [-0.4, -0.2) is 85.5 Å². The second-order valence-electron chi connectivity index (χ2n) is 9.00. The van der Waals surface area contributed by atoms with E-state index in [0.717, 1.165) is 4.90 Å². The third kappa shape index (κ3) is 4.26. The number of nitrogens with one attached hydrogen (secondary N) is 1. The number of aliphatic hydroxyl groups is 1. The van der Waals surface area contributed by atoms with Crippen molar-refractivity contribution in [2.45, 2.75) is 30.9 Å². The number of carbonyl (C=O) groups is 2. The summed E-state index contributed by atoms with van der Waals surface area (Å²) in [6, 6.07) is 7.47. The van der Waals surface area contributed by atoms with E-state index in [1.165, 1.54) is 17.2 Å². The quantitative estimate of drug-likeness (QED) is 0.517. The van der Waals surface area contributed by atoms with E-state index >= 15 is 0 Å². The summed E-state index contributed by atoms with van der Waals surface area (Å²) in [7, 11) is 1.60. The topological polar surface area (TPSA) is 138 Å². The van der Waals surface area contributed by atoms with E-state index in [-0.39, 0.29) is 18.1 Å². The summed E-state index contributed by atoms with van der Waals surface area (Å²) in [5.41, 5.74) is -0.0789. The van der Waals surface area contributed by atoms with Crippen LogP contribution in [0.25, 0.3) is 22.8 Å². The highest BCUT2D eigenvalue weighted by molar-refractivity contribution is 5.87. The van der Waals surface area contributed by atoms with Gasteiger partial charge in [-0.15, -0.1) is 0 Å². The smallest absolute Gasteiger partial charge is 0.282 e. The maximum absolute atomic E-state index is 13.1. The monoisotopic (exact) mass is 499 g/mol. The SMILES string of the molecule is CC(Nc1nccc(-c2cccc(-c3cc([C@]4(O)CCN(C)C4=O)on3)n2)n1)C(=O)N1CC(F)(F)C1. The van der Waals surface area contributed by atoms with Crippen molar-refractivity contribution < 1.29 is 28.0 Å². The van der Waals surface area contributed by atoms with Gasteiger partial charge in [-0.05, 0) is 25.1 Å². The minimum Gasteiger partial charge on any atom is -0.373 e. The van der Waals surface area contributed by atoms with E-state index in [4.69, 9.17) is 4.52 Å². The van der Waals surface area contributed by atoms with Crippen molar-refractivity contribution in [3.05, 3.63) is 42.3 Å². The maximum atomic E-state index is 13.1. The van der Waals surface area contributed by atoms with Crippen molar-refractivity contribution in [1.82, 2.24) is 29.9 Å². The predicted octanol–water partition coefficient (Wildman–Crippen LogP) is 1.52. The molecule has 2 atom stereocenters. The highest BCUT2D eigenvalue weighted by atomic mass is 19.3. The van der Waals surface area contributed by atoms with Gasteiger partial charge >= 0.3 is 0 Å². The highest BCUT2D eigenvalue weighted by Crippen LogP contribution is 2.34. The van der Waals surface area contributed by atoms with Crippen LogP contribution in [0.3, 0.4) is 0 Å². The van der Waals surface area contributed by atoms with Gasteiger partial charge in [0.2, 0.25) is 17.5 Å². The van der Waals surface area contributed by atoms with E-state index in [1.54, 1.807) is 38.2 Å². The lowest BCUT2D eigenvalue weighted by Crippen LogP contribution is -2.61. The average Bonchev–Trinajstić information content (AvgIpc) is 3.45. The van der Waals surface area contributed by atoms with Gasteiger partial charge in [0.15, 0.2) is 5.76 Å². The van der Waals surface area contributed by atoms with Crippen LogP contribution in [0, 0.1) is 0 Å². The van der Waals surface area contributed by atoms with Crippen molar-refractivity contribution >= 4 is 17.8 Å². The molecule has 1 unspecified atom stereocenters. The molecule has 2 aliphatic rings. The second-order valence-corrected chi connectivity index (χ2v) is 9.00. The van der Waals surface area contributed by atoms with E-state index in [2.05, 4.69) is 25.4 Å². The lowest BCUT2D eigenvalue weighted by molar-refractivity contribution is -0.166. The van der Waals surface area contributed by atoms with Gasteiger partial charge in [-0.3, -0.25) is 9.59 Å². The Hall–Kier alpha value is -4.00. The molecule has 13 heteroatoms. The summed E-state index contributed by atoms with van der Waals surface area (Å²) < 4.78 is 31.5. The van der Waals surface area contributed by atoms with Gasteiger partial charge in [0.25, 0.3) is 11.8 Å². The number of aromatic nitrogens is 4. The number of hydrogen-bond donors (Lipinski definition) is 2. The molecule has 5 rings (SSSR count). The van der Waals surface area contributed by atoms with Crippen LogP contribution in [0.15, 0.2) is 41.1 Å². The van der Waals surface area contributed by atoms with Gasteiger partial charge in [0.1, 0.15) is 11.7 Å². The summed E-state index contributed by atoms with van der Waals surface area (Å²) in [6.45, 7) is 0.761. The molecule has 0 spiro atoms. The largest absolute Gasteiger partial charge is 0.373 e. The van der Waals surface area contributed by atoms with Crippen LogP contribution in [-0.2, 0) is 15.2 Å². The fraction of sp³-hybridized carbons (Fsp3) is 0.391. The van der Waals surface area contributed by atoms with Crippen molar-refractivity contribution in [1.29, 1.82) is 0 Å². The number of amides is 2. The molecular formula is C23H23F2N7O4. The molecule has 0 aliphatic carbocycles. The molecule has 3 aromatic heterocycles. The van der Waals surface area contributed by atoms with Gasteiger partial charge in [-0.2, -0.15) is 0 Å². The molecule has 0 saturated carbocycles. The summed E-state index contributed by atoms with van der Waals surface area (Å²) in [6.07, 6.45) is 1.68. The fourth-order valence-electron chi connectivity index (χ4n) is 4.16. The average molecular weight is 499 g/mol. The third-order valence-electron chi connectivity index (χ3n) is 6.23. The Morgan fingerprint density at radius 1 is 1.17 bits per heavy atom. The van der Waals surface area contributed by atoms with E-state index in [9.17, 15) is 23.5 Å². The lowest BCUT2D eigenvalue weighted by Gasteiger charge is -2.40. The van der Waals surface area contributed by atoms with Crippen LogP contribution >= 0.6 is 0 Å². The number of rotatable bonds is 6. The molecular weight excluding hydrogens is 476 g/mol. The van der Waals surface area contributed by atoms with Crippen LogP contribution in [0.2, 0.25) is 0 Å². The van der Waals surface area contributed by atoms with E-state index in [0.29, 0.717) is 29.3 Å². The first-order valence-corrected chi connectivity index (χ1v) is 11.2. The Morgan fingerprint density at radius 2 is 1.86 bits per heavy atom. The Morgan fingerprint density at radius 3 is 2.53 bits per heavy atom. The van der Waals surface area contributed by atoms with Crippen molar-refractivity contribution in [3.8, 4) is 22.8 Å². The summed E-state index contributed by atoms with van der Waals surface area (Å²) in [5, 5.41) is 17.6. The van der Waals surface area contributed by atoms with Crippen LogP contribution < -0.4 is 5.32 Å². The highest BCUT2D eigenvalue weighted by Gasteiger charge is 2.49. The van der Waals surface area contributed by atoms with E-state index < -0.39 is 42.5 Å². The minimum absolute atomic E-state index is 0.0474. The fourth-order valence-corrected chi connectivity index (χ4v) is 4.16. The molecule has 5 heterocycles. The molecule has 0 radical (unpaired) electrons. The van der Waals surface area contributed by atoms with Gasteiger partial charge in [-0.1, -0.05) is 11.2 Å². The van der Waals surface area contributed by atoms with Gasteiger partial charge < -0.3 is 24.7 Å². The molecule has 3 aromatic rings. The summed E-state index contributed by atoms with van der Waals surface area (Å²) >= 11 is 0. The van der Waals surface area contributed by atoms with Crippen LogP contribution in [0.5, 0.6) is 0 Å². The number of anilines is 1. The molecule has 188 valence electrons. The number of nitrogens with zero attached hydrogens (tertiary/aromatic N) is 6. The summed E-state index contributed by atoms with van der Waals surface area (Å²) in [4.78, 5) is 40.2. The van der Waals surface area contributed by atoms with Gasteiger partial charge in [0.05, 0.1) is 30.2 Å². The molecule has 0 bridgehead atoms. The zero-order chi connectivity index (χ0) is 25.7. The van der Waals surface area contributed by atoms with Crippen molar-refractivity contribution in [2.24, 2.45) is 0 Å². The Balaban J connectivity index is 1.33. The molecule has 2 aliphatic heterocycles. The number of carbonyl (C=O) groups excluding carboxylic acids is 2. The number of halogens is 2. The molecule has 2 fully saturated rings. The Kier molecular flexibility index (Phi) is 5.66. The normalized spacial score (nSPS) is 21.9. The first-order valence-electron chi connectivity index (χ1n) is 11.2. The summed E-state index contributed by atoms with van der Waals surface area (Å²) in [5.74, 6) is -3.57. The van der Waals surface area contributed by atoms with E-state index in [1.807, 2.05) is 0 Å². The first-order chi connectivity index (χ1) is 17.1. The van der Waals surface area contributed by atoms with Crippen molar-refractivity contribution in [3.63, 3.8) is 0 Å². The number of alkyl halides is 2. The second kappa shape index (κ2) is 8.59. The number of pyridine rings is 1. The molecule has 0 aromatic carbocycles. The standard InChI is InChI=1S/C23H23F2N7O4/c1-13(19(33)32-11-22(24,25)12-32)27-21-26-8-6-16(29-21)14-4-3-5-15(28-14)17-10-18(36-30-17)23(35)7-9-31(2)20(23)34/h3-6,8,10,13,35H,7,9,11-12H2,1-2H3,(H,26,27,29)/t13?,23-/m1/s1. The van der Waals surface area contributed by atoms with Crippen LogP contribution in [0.1, 0.15) is 19.1 Å². The Labute approximate surface area is 204 Å².